The van der Waals surface area contributed by atoms with Gasteiger partial charge in [-0.05, 0) is 61.7 Å². The molecule has 3 aromatic rings. The molecule has 0 heterocycles. The summed E-state index contributed by atoms with van der Waals surface area (Å²) in [6, 6.07) is 17.4. The zero-order chi connectivity index (χ0) is 28.0. The lowest BCUT2D eigenvalue weighted by molar-refractivity contribution is -0.140. The molecule has 0 aromatic heterocycles. The molecule has 0 aliphatic rings. The number of hydrogen-bond donors (Lipinski definition) is 1. The molecule has 1 atom stereocenters. The maximum absolute atomic E-state index is 14.0. The number of halogens is 2. The third kappa shape index (κ3) is 6.67. The van der Waals surface area contributed by atoms with Gasteiger partial charge in [-0.1, -0.05) is 72.1 Å². The van der Waals surface area contributed by atoms with Gasteiger partial charge in [0.25, 0.3) is 10.0 Å². The summed E-state index contributed by atoms with van der Waals surface area (Å²) in [4.78, 5) is 28.2. The zero-order valence-corrected chi connectivity index (χ0v) is 24.1. The van der Waals surface area contributed by atoms with Crippen LogP contribution < -0.4 is 9.62 Å². The molecule has 3 aromatic carbocycles. The van der Waals surface area contributed by atoms with Crippen LogP contribution in [0.15, 0.2) is 71.6 Å². The van der Waals surface area contributed by atoms with Crippen LogP contribution in [0.25, 0.3) is 0 Å². The Bertz CT molecular complexity index is 1410. The average Bonchev–Trinajstić information content (AvgIpc) is 2.89. The minimum Gasteiger partial charge on any atom is -0.357 e. The summed E-state index contributed by atoms with van der Waals surface area (Å²) in [6.45, 7) is 5.10. The van der Waals surface area contributed by atoms with Crippen molar-refractivity contribution in [1.82, 2.24) is 10.2 Å². The van der Waals surface area contributed by atoms with E-state index in [1.54, 1.807) is 19.1 Å². The first kappa shape index (κ1) is 29.5. The first-order valence-electron chi connectivity index (χ1n) is 12.1. The Balaban J connectivity index is 2.12. The van der Waals surface area contributed by atoms with Gasteiger partial charge >= 0.3 is 0 Å². The lowest BCUT2D eigenvalue weighted by Gasteiger charge is -2.33. The molecule has 0 fully saturated rings. The molecule has 0 spiro atoms. The quantitative estimate of drug-likeness (QED) is 0.352. The van der Waals surface area contributed by atoms with E-state index in [0.717, 1.165) is 21.0 Å². The molecule has 0 bridgehead atoms. The van der Waals surface area contributed by atoms with E-state index >= 15 is 0 Å². The number of likely N-dealkylation sites (N-methyl/N-ethyl adjacent to an activating group) is 1. The molecular weight excluding hydrogens is 545 g/mol. The number of aryl methyl sites for hydroxylation is 2. The molecule has 1 N–H and O–H groups in total. The van der Waals surface area contributed by atoms with Crippen molar-refractivity contribution in [2.75, 3.05) is 17.9 Å². The predicted octanol–water partition coefficient (Wildman–Crippen LogP) is 5.36. The summed E-state index contributed by atoms with van der Waals surface area (Å²) < 4.78 is 28.7. The first-order chi connectivity index (χ1) is 18.0. The van der Waals surface area contributed by atoms with E-state index < -0.39 is 28.5 Å². The highest BCUT2D eigenvalue weighted by molar-refractivity contribution is 7.92. The maximum atomic E-state index is 14.0. The van der Waals surface area contributed by atoms with Gasteiger partial charge in [0.1, 0.15) is 12.6 Å². The van der Waals surface area contributed by atoms with Crippen molar-refractivity contribution in [3.8, 4) is 0 Å². The van der Waals surface area contributed by atoms with Crippen molar-refractivity contribution in [3.05, 3.63) is 93.5 Å². The molecular formula is C28H31Cl2N3O4S. The van der Waals surface area contributed by atoms with E-state index in [2.05, 4.69) is 5.32 Å². The Hall–Kier alpha value is -3.07. The fraction of sp³-hybridized carbons (Fsp3) is 0.286. The largest absolute Gasteiger partial charge is 0.357 e. The molecule has 0 aliphatic heterocycles. The minimum atomic E-state index is -4.24. The highest BCUT2D eigenvalue weighted by Gasteiger charge is 2.34. The van der Waals surface area contributed by atoms with Crippen molar-refractivity contribution < 1.29 is 18.0 Å². The number of nitrogens with one attached hydrogen (secondary N) is 1. The predicted molar refractivity (Wildman–Crippen MR) is 152 cm³/mol. The second kappa shape index (κ2) is 12.7. The summed E-state index contributed by atoms with van der Waals surface area (Å²) in [5.41, 5.74) is 2.74. The maximum Gasteiger partial charge on any atom is 0.264 e. The van der Waals surface area contributed by atoms with Crippen molar-refractivity contribution in [2.45, 2.75) is 44.7 Å². The normalized spacial score (nSPS) is 12.1. The number of benzene rings is 3. The van der Waals surface area contributed by atoms with E-state index in [0.29, 0.717) is 6.42 Å². The number of amides is 2. The van der Waals surface area contributed by atoms with Crippen LogP contribution in [0.3, 0.4) is 0 Å². The second-order valence-corrected chi connectivity index (χ2v) is 11.6. The van der Waals surface area contributed by atoms with E-state index in [1.807, 2.05) is 38.1 Å². The molecule has 38 heavy (non-hydrogen) atoms. The third-order valence-corrected chi connectivity index (χ3v) is 8.63. The number of carbonyl (C=O) groups excluding carboxylic acids is 2. The number of hydrogen-bond acceptors (Lipinski definition) is 4. The standard InChI is InChI=1S/C28H31Cl2N3O4S/c1-5-25(28(35)31-4)32(17-21-9-7-6-8-20(21)3)27(34)18-33(26-16-22(29)12-15-24(26)30)38(36,37)23-13-10-19(2)11-14-23/h6-16,25H,5,17-18H2,1-4H3,(H,31,35)/t25-/m0/s1. The van der Waals surface area contributed by atoms with Gasteiger partial charge in [-0.3, -0.25) is 13.9 Å². The Morgan fingerprint density at radius 1 is 0.974 bits per heavy atom. The fourth-order valence-corrected chi connectivity index (χ4v) is 5.95. The van der Waals surface area contributed by atoms with Gasteiger partial charge in [-0.15, -0.1) is 0 Å². The van der Waals surface area contributed by atoms with Crippen LogP contribution in [0.5, 0.6) is 0 Å². The Kier molecular flexibility index (Phi) is 9.82. The lowest BCUT2D eigenvalue weighted by atomic mass is 10.1. The summed E-state index contributed by atoms with van der Waals surface area (Å²) >= 11 is 12.6. The molecule has 0 unspecified atom stereocenters. The fourth-order valence-electron chi connectivity index (χ4n) is 4.08. The average molecular weight is 577 g/mol. The monoisotopic (exact) mass is 575 g/mol. The molecule has 2 amide bonds. The summed E-state index contributed by atoms with van der Waals surface area (Å²) in [7, 11) is -2.73. The van der Waals surface area contributed by atoms with E-state index in [-0.39, 0.29) is 33.1 Å². The number of anilines is 1. The van der Waals surface area contributed by atoms with Crippen molar-refractivity contribution in [3.63, 3.8) is 0 Å². The summed E-state index contributed by atoms with van der Waals surface area (Å²) in [6.07, 6.45) is 0.333. The smallest absolute Gasteiger partial charge is 0.264 e. The van der Waals surface area contributed by atoms with E-state index in [9.17, 15) is 18.0 Å². The number of carbonyl (C=O) groups is 2. The van der Waals surface area contributed by atoms with Gasteiger partial charge in [0.05, 0.1) is 15.6 Å². The van der Waals surface area contributed by atoms with Crippen molar-refractivity contribution >= 4 is 50.7 Å². The van der Waals surface area contributed by atoms with E-state index in [1.165, 1.54) is 42.3 Å². The van der Waals surface area contributed by atoms with Crippen LogP contribution in [-0.2, 0) is 26.2 Å². The molecule has 0 saturated heterocycles. The second-order valence-electron chi connectivity index (χ2n) is 8.91. The molecule has 7 nitrogen and oxygen atoms in total. The van der Waals surface area contributed by atoms with Crippen LogP contribution >= 0.6 is 23.2 Å². The van der Waals surface area contributed by atoms with Crippen LogP contribution in [0.2, 0.25) is 10.0 Å². The van der Waals surface area contributed by atoms with Gasteiger partial charge in [0.2, 0.25) is 11.8 Å². The number of nitrogens with zero attached hydrogens (tertiary/aromatic N) is 2. The number of rotatable bonds is 10. The Labute approximate surface area is 234 Å². The molecule has 0 radical (unpaired) electrons. The molecule has 3 rings (SSSR count). The molecule has 0 saturated carbocycles. The Morgan fingerprint density at radius 3 is 2.24 bits per heavy atom. The molecule has 202 valence electrons. The van der Waals surface area contributed by atoms with Crippen LogP contribution in [0.4, 0.5) is 5.69 Å². The third-order valence-electron chi connectivity index (χ3n) is 6.30. The van der Waals surface area contributed by atoms with Crippen LogP contribution in [0.1, 0.15) is 30.0 Å². The first-order valence-corrected chi connectivity index (χ1v) is 14.3. The Morgan fingerprint density at radius 2 is 1.63 bits per heavy atom. The summed E-state index contributed by atoms with van der Waals surface area (Å²) in [5, 5.41) is 2.98. The molecule has 0 aliphatic carbocycles. The lowest BCUT2D eigenvalue weighted by Crippen LogP contribution is -2.51. The summed E-state index contributed by atoms with van der Waals surface area (Å²) in [5.74, 6) is -0.904. The van der Waals surface area contributed by atoms with Gasteiger partial charge in [-0.25, -0.2) is 8.42 Å². The topological polar surface area (TPSA) is 86.8 Å². The van der Waals surface area contributed by atoms with E-state index in [4.69, 9.17) is 23.2 Å². The molecule has 10 heteroatoms. The highest BCUT2D eigenvalue weighted by atomic mass is 35.5. The van der Waals surface area contributed by atoms with Gasteiger partial charge in [0, 0.05) is 18.6 Å². The van der Waals surface area contributed by atoms with Crippen LogP contribution in [0, 0.1) is 13.8 Å². The van der Waals surface area contributed by atoms with Gasteiger partial charge in [-0.2, -0.15) is 0 Å². The van der Waals surface area contributed by atoms with Crippen LogP contribution in [-0.4, -0.2) is 44.8 Å². The highest BCUT2D eigenvalue weighted by Crippen LogP contribution is 2.33. The zero-order valence-electron chi connectivity index (χ0n) is 21.7. The van der Waals surface area contributed by atoms with Crippen molar-refractivity contribution in [1.29, 1.82) is 0 Å². The minimum absolute atomic E-state index is 0.00395. The number of sulfonamides is 1. The van der Waals surface area contributed by atoms with Gasteiger partial charge < -0.3 is 10.2 Å². The van der Waals surface area contributed by atoms with Gasteiger partial charge in [0.15, 0.2) is 0 Å². The SMILES string of the molecule is CC[C@@H](C(=O)NC)N(Cc1ccccc1C)C(=O)CN(c1cc(Cl)ccc1Cl)S(=O)(=O)c1ccc(C)cc1. The van der Waals surface area contributed by atoms with Crippen molar-refractivity contribution in [2.24, 2.45) is 0 Å².